The highest BCUT2D eigenvalue weighted by Crippen LogP contribution is 2.31. The number of hydrogen-bond acceptors (Lipinski definition) is 3. The topological polar surface area (TPSA) is 68.7 Å². The maximum absolute atomic E-state index is 8.66. The summed E-state index contributed by atoms with van der Waals surface area (Å²) in [6.07, 6.45) is 5.48. The maximum atomic E-state index is 8.66. The molecular formula is C25H25N5. The van der Waals surface area contributed by atoms with E-state index in [4.69, 9.17) is 5.41 Å². The zero-order valence-electron chi connectivity index (χ0n) is 17.2. The van der Waals surface area contributed by atoms with Gasteiger partial charge in [-0.05, 0) is 49.4 Å². The number of benzene rings is 2. The minimum Gasteiger partial charge on any atom is -0.357 e. The quantitative estimate of drug-likeness (QED) is 0.360. The number of piperidine rings is 1. The van der Waals surface area contributed by atoms with Crippen LogP contribution in [-0.4, -0.2) is 39.0 Å². The molecule has 2 N–H and O–H groups in total. The fourth-order valence-electron chi connectivity index (χ4n) is 4.26. The molecule has 4 aromatic rings. The first-order valence-corrected chi connectivity index (χ1v) is 10.5. The summed E-state index contributed by atoms with van der Waals surface area (Å²) in [5.74, 6) is 0.620. The molecule has 0 spiro atoms. The maximum Gasteiger partial charge on any atom is 0.181 e. The SMILES string of the molecule is Cc1ccccc1-c1[nH]nc2ncc(-c3cccc(C(=N)N4CCCCC4)c3)cc12. The standard InChI is InChI=1S/C25H25N5/c1-17-8-3-4-11-21(17)23-22-15-20(16-27-25(22)29-28-23)18-9-7-10-19(14-18)24(26)30-12-5-2-6-13-30/h3-4,7-11,14-16,26H,2,5-6,12-13H2,1H3,(H,27,28,29). The van der Waals surface area contributed by atoms with E-state index >= 15 is 0 Å². The number of aromatic amines is 1. The summed E-state index contributed by atoms with van der Waals surface area (Å²) in [6.45, 7) is 4.06. The second kappa shape index (κ2) is 7.75. The number of nitrogens with zero attached hydrogens (tertiary/aromatic N) is 3. The van der Waals surface area contributed by atoms with E-state index in [1.54, 1.807) is 0 Å². The van der Waals surface area contributed by atoms with Crippen LogP contribution in [0.3, 0.4) is 0 Å². The van der Waals surface area contributed by atoms with E-state index in [0.717, 1.165) is 46.4 Å². The first-order chi connectivity index (χ1) is 14.7. The van der Waals surface area contributed by atoms with Crippen LogP contribution >= 0.6 is 0 Å². The van der Waals surface area contributed by atoms with E-state index in [-0.39, 0.29) is 0 Å². The highest BCUT2D eigenvalue weighted by molar-refractivity contribution is 5.98. The fraction of sp³-hybridized carbons (Fsp3) is 0.240. The second-order valence-electron chi connectivity index (χ2n) is 7.99. The molecule has 2 aromatic heterocycles. The number of likely N-dealkylation sites (tertiary alicyclic amines) is 1. The van der Waals surface area contributed by atoms with E-state index in [1.807, 2.05) is 30.5 Å². The molecule has 0 saturated carbocycles. The lowest BCUT2D eigenvalue weighted by Crippen LogP contribution is -2.35. The van der Waals surface area contributed by atoms with Crippen LogP contribution in [0.2, 0.25) is 0 Å². The third kappa shape index (κ3) is 3.36. The van der Waals surface area contributed by atoms with Crippen LogP contribution in [0.5, 0.6) is 0 Å². The Kier molecular flexibility index (Phi) is 4.79. The molecular weight excluding hydrogens is 370 g/mol. The van der Waals surface area contributed by atoms with Gasteiger partial charge in [0.1, 0.15) is 5.84 Å². The summed E-state index contributed by atoms with van der Waals surface area (Å²) in [5, 5.41) is 17.2. The summed E-state index contributed by atoms with van der Waals surface area (Å²) >= 11 is 0. The van der Waals surface area contributed by atoms with Crippen molar-refractivity contribution >= 4 is 16.9 Å². The van der Waals surface area contributed by atoms with Crippen molar-refractivity contribution in [2.45, 2.75) is 26.2 Å². The Morgan fingerprint density at radius 3 is 2.63 bits per heavy atom. The van der Waals surface area contributed by atoms with Gasteiger partial charge in [0.2, 0.25) is 0 Å². The Morgan fingerprint density at radius 2 is 1.80 bits per heavy atom. The van der Waals surface area contributed by atoms with Gasteiger partial charge in [-0.15, -0.1) is 0 Å². The molecule has 1 aliphatic rings. The number of aryl methyl sites for hydroxylation is 1. The minimum absolute atomic E-state index is 0.620. The van der Waals surface area contributed by atoms with Gasteiger partial charge in [0.15, 0.2) is 5.65 Å². The van der Waals surface area contributed by atoms with Gasteiger partial charge in [0.05, 0.1) is 5.69 Å². The van der Waals surface area contributed by atoms with Crippen molar-refractivity contribution in [2.75, 3.05) is 13.1 Å². The summed E-state index contributed by atoms with van der Waals surface area (Å²) in [4.78, 5) is 6.78. The minimum atomic E-state index is 0.620. The molecule has 0 amide bonds. The molecule has 0 radical (unpaired) electrons. The highest BCUT2D eigenvalue weighted by Gasteiger charge is 2.16. The monoisotopic (exact) mass is 395 g/mol. The predicted molar refractivity (Wildman–Crippen MR) is 122 cm³/mol. The summed E-state index contributed by atoms with van der Waals surface area (Å²) in [6, 6.07) is 18.7. The van der Waals surface area contributed by atoms with Crippen LogP contribution in [0.4, 0.5) is 0 Å². The van der Waals surface area contributed by atoms with Crippen molar-refractivity contribution in [3.8, 4) is 22.4 Å². The summed E-state index contributed by atoms with van der Waals surface area (Å²) < 4.78 is 0. The molecule has 1 fully saturated rings. The van der Waals surface area contributed by atoms with Crippen molar-refractivity contribution in [1.29, 1.82) is 5.41 Å². The van der Waals surface area contributed by atoms with Crippen molar-refractivity contribution in [1.82, 2.24) is 20.1 Å². The first kappa shape index (κ1) is 18.6. The number of nitrogens with one attached hydrogen (secondary N) is 2. The summed E-state index contributed by atoms with van der Waals surface area (Å²) in [5.41, 5.74) is 7.11. The number of H-pyrrole nitrogens is 1. The fourth-order valence-corrected chi connectivity index (χ4v) is 4.26. The van der Waals surface area contributed by atoms with Crippen molar-refractivity contribution < 1.29 is 0 Å². The second-order valence-corrected chi connectivity index (χ2v) is 7.99. The Hall–Kier alpha value is -3.47. The molecule has 2 aromatic carbocycles. The molecule has 5 nitrogen and oxygen atoms in total. The van der Waals surface area contributed by atoms with E-state index in [0.29, 0.717) is 11.5 Å². The lowest BCUT2D eigenvalue weighted by atomic mass is 10.00. The molecule has 150 valence electrons. The van der Waals surface area contributed by atoms with Gasteiger partial charge in [0, 0.05) is 41.4 Å². The first-order valence-electron chi connectivity index (χ1n) is 10.5. The number of amidine groups is 1. The van der Waals surface area contributed by atoms with E-state index < -0.39 is 0 Å². The molecule has 5 heteroatoms. The number of fused-ring (bicyclic) bond motifs is 1. The van der Waals surface area contributed by atoms with Gasteiger partial charge in [-0.3, -0.25) is 10.5 Å². The molecule has 1 saturated heterocycles. The molecule has 0 aliphatic carbocycles. The zero-order chi connectivity index (χ0) is 20.5. The van der Waals surface area contributed by atoms with Crippen LogP contribution in [0.25, 0.3) is 33.4 Å². The van der Waals surface area contributed by atoms with Crippen molar-refractivity contribution in [3.63, 3.8) is 0 Å². The molecule has 0 bridgehead atoms. The van der Waals surface area contributed by atoms with E-state index in [9.17, 15) is 0 Å². The Balaban J connectivity index is 1.53. The molecule has 3 heterocycles. The molecule has 1 aliphatic heterocycles. The lowest BCUT2D eigenvalue weighted by Gasteiger charge is -2.29. The molecule has 30 heavy (non-hydrogen) atoms. The lowest BCUT2D eigenvalue weighted by molar-refractivity contribution is 0.341. The number of aromatic nitrogens is 3. The Morgan fingerprint density at radius 1 is 0.967 bits per heavy atom. The van der Waals surface area contributed by atoms with Gasteiger partial charge in [-0.25, -0.2) is 4.98 Å². The molecule has 0 unspecified atom stereocenters. The van der Waals surface area contributed by atoms with Crippen LogP contribution in [0, 0.1) is 12.3 Å². The van der Waals surface area contributed by atoms with E-state index in [2.05, 4.69) is 57.3 Å². The molecule has 5 rings (SSSR count). The number of pyridine rings is 1. The third-order valence-electron chi connectivity index (χ3n) is 5.97. The van der Waals surface area contributed by atoms with Gasteiger partial charge in [0.25, 0.3) is 0 Å². The van der Waals surface area contributed by atoms with Crippen molar-refractivity contribution in [2.24, 2.45) is 0 Å². The van der Waals surface area contributed by atoms with Gasteiger partial charge in [-0.1, -0.05) is 42.5 Å². The number of hydrogen-bond donors (Lipinski definition) is 2. The van der Waals surface area contributed by atoms with Gasteiger partial charge in [-0.2, -0.15) is 5.10 Å². The molecule has 0 atom stereocenters. The van der Waals surface area contributed by atoms with Crippen LogP contribution in [0.1, 0.15) is 30.4 Å². The Bertz CT molecular complexity index is 1220. The Labute approximate surface area is 176 Å². The van der Waals surface area contributed by atoms with Crippen LogP contribution in [-0.2, 0) is 0 Å². The van der Waals surface area contributed by atoms with Crippen LogP contribution in [0.15, 0.2) is 60.8 Å². The largest absolute Gasteiger partial charge is 0.357 e. The van der Waals surface area contributed by atoms with Gasteiger partial charge >= 0.3 is 0 Å². The third-order valence-corrected chi connectivity index (χ3v) is 5.97. The number of rotatable bonds is 3. The van der Waals surface area contributed by atoms with E-state index in [1.165, 1.54) is 24.8 Å². The normalized spacial score (nSPS) is 14.2. The summed E-state index contributed by atoms with van der Waals surface area (Å²) in [7, 11) is 0. The predicted octanol–water partition coefficient (Wildman–Crippen LogP) is 5.41. The zero-order valence-corrected chi connectivity index (χ0v) is 17.2. The smallest absolute Gasteiger partial charge is 0.181 e. The van der Waals surface area contributed by atoms with Crippen molar-refractivity contribution in [3.05, 3.63) is 71.9 Å². The van der Waals surface area contributed by atoms with Crippen LogP contribution < -0.4 is 0 Å². The van der Waals surface area contributed by atoms with Gasteiger partial charge < -0.3 is 4.90 Å². The highest BCUT2D eigenvalue weighted by atomic mass is 15.2. The average Bonchev–Trinajstić information content (AvgIpc) is 3.22. The average molecular weight is 396 g/mol.